The lowest BCUT2D eigenvalue weighted by atomic mass is 9.87. The summed E-state index contributed by atoms with van der Waals surface area (Å²) < 4.78 is 5.31. The van der Waals surface area contributed by atoms with E-state index in [9.17, 15) is 4.79 Å². The summed E-state index contributed by atoms with van der Waals surface area (Å²) in [5.74, 6) is -0.292. The van der Waals surface area contributed by atoms with E-state index in [0.29, 0.717) is 12.2 Å². The number of carboxylic acid groups (broad SMARTS) is 2. The van der Waals surface area contributed by atoms with Crippen molar-refractivity contribution in [2.24, 2.45) is 0 Å². The van der Waals surface area contributed by atoms with Crippen molar-refractivity contribution >= 4 is 22.9 Å². The molecule has 0 bridgehead atoms. The highest BCUT2D eigenvalue weighted by Crippen LogP contribution is 2.39. The zero-order valence-electron chi connectivity index (χ0n) is 17.0. The molecule has 0 aliphatic carbocycles. The highest BCUT2D eigenvalue weighted by atomic mass is 16.6. The van der Waals surface area contributed by atoms with Gasteiger partial charge in [0.05, 0.1) is 12.2 Å². The van der Waals surface area contributed by atoms with Crippen molar-refractivity contribution in [1.82, 2.24) is 0 Å². The van der Waals surface area contributed by atoms with Gasteiger partial charge in [0.2, 0.25) is 0 Å². The molecule has 0 aliphatic rings. The van der Waals surface area contributed by atoms with E-state index in [2.05, 4.69) is 36.4 Å². The Morgan fingerprint density at radius 3 is 2.06 bits per heavy atom. The second-order valence-electron chi connectivity index (χ2n) is 6.62. The van der Waals surface area contributed by atoms with E-state index in [1.54, 1.807) is 0 Å². The number of rotatable bonds is 4. The number of ether oxygens (including phenoxy) is 1. The lowest BCUT2D eigenvalue weighted by Crippen LogP contribution is -2.06. The molecule has 0 aromatic heterocycles. The molecule has 4 aromatic rings. The third-order valence-corrected chi connectivity index (χ3v) is 4.71. The second-order valence-corrected chi connectivity index (χ2v) is 6.62. The Morgan fingerprint density at radius 1 is 0.742 bits per heavy atom. The SMILES string of the molecule is CCOC(=O)c1ccccc1-c1c(-c2ccccc2)ccc2ccccc12.O=C(O)O. The number of fused-ring (bicyclic) bond motifs is 1. The number of benzene rings is 4. The first-order valence-electron chi connectivity index (χ1n) is 9.78. The molecule has 0 aliphatic heterocycles. The van der Waals surface area contributed by atoms with Gasteiger partial charge in [-0.25, -0.2) is 9.59 Å². The topological polar surface area (TPSA) is 83.8 Å². The zero-order valence-corrected chi connectivity index (χ0v) is 17.0. The summed E-state index contributed by atoms with van der Waals surface area (Å²) in [7, 11) is 0. The van der Waals surface area contributed by atoms with Crippen LogP contribution in [0.4, 0.5) is 4.79 Å². The van der Waals surface area contributed by atoms with Gasteiger partial charge in [0.25, 0.3) is 0 Å². The highest BCUT2D eigenvalue weighted by molar-refractivity contribution is 6.09. The van der Waals surface area contributed by atoms with Crippen molar-refractivity contribution in [3.05, 3.63) is 96.6 Å². The predicted octanol–water partition coefficient (Wildman–Crippen LogP) is 6.57. The summed E-state index contributed by atoms with van der Waals surface area (Å²) >= 11 is 0. The quantitative estimate of drug-likeness (QED) is 0.369. The molecule has 31 heavy (non-hydrogen) atoms. The Kier molecular flexibility index (Phi) is 7.01. The van der Waals surface area contributed by atoms with Crippen LogP contribution in [0.2, 0.25) is 0 Å². The van der Waals surface area contributed by atoms with E-state index in [4.69, 9.17) is 19.7 Å². The smallest absolute Gasteiger partial charge is 0.462 e. The van der Waals surface area contributed by atoms with Crippen LogP contribution >= 0.6 is 0 Å². The lowest BCUT2D eigenvalue weighted by molar-refractivity contribution is 0.0527. The van der Waals surface area contributed by atoms with Crippen molar-refractivity contribution in [3.63, 3.8) is 0 Å². The third kappa shape index (κ3) is 5.08. The van der Waals surface area contributed by atoms with Gasteiger partial charge in [-0.3, -0.25) is 0 Å². The van der Waals surface area contributed by atoms with Gasteiger partial charge in [-0.2, -0.15) is 0 Å². The van der Waals surface area contributed by atoms with Crippen LogP contribution in [0, 0.1) is 0 Å². The predicted molar refractivity (Wildman–Crippen MR) is 121 cm³/mol. The molecule has 0 unspecified atom stereocenters. The maximum atomic E-state index is 12.6. The average molecular weight is 414 g/mol. The normalized spacial score (nSPS) is 10.1. The van der Waals surface area contributed by atoms with Gasteiger partial charge in [-0.1, -0.05) is 84.9 Å². The highest BCUT2D eigenvalue weighted by Gasteiger charge is 2.18. The van der Waals surface area contributed by atoms with Crippen LogP contribution in [-0.4, -0.2) is 28.9 Å². The monoisotopic (exact) mass is 414 g/mol. The van der Waals surface area contributed by atoms with Gasteiger partial charge in [-0.15, -0.1) is 0 Å². The zero-order chi connectivity index (χ0) is 22.2. The fourth-order valence-corrected chi connectivity index (χ4v) is 3.51. The number of esters is 1. The maximum absolute atomic E-state index is 12.6. The number of hydrogen-bond acceptors (Lipinski definition) is 3. The van der Waals surface area contributed by atoms with Crippen molar-refractivity contribution in [3.8, 4) is 22.3 Å². The molecular formula is C26H22O5. The largest absolute Gasteiger partial charge is 0.503 e. The Labute approximate surface area is 180 Å². The fraction of sp³-hybridized carbons (Fsp3) is 0.0769. The van der Waals surface area contributed by atoms with Crippen LogP contribution in [0.5, 0.6) is 0 Å². The summed E-state index contributed by atoms with van der Waals surface area (Å²) in [4.78, 5) is 21.2. The molecule has 0 heterocycles. The first-order valence-corrected chi connectivity index (χ1v) is 9.78. The van der Waals surface area contributed by atoms with E-state index < -0.39 is 6.16 Å². The molecule has 0 saturated heterocycles. The molecule has 4 rings (SSSR count). The van der Waals surface area contributed by atoms with Crippen molar-refractivity contribution in [2.45, 2.75) is 6.92 Å². The van der Waals surface area contributed by atoms with E-state index in [1.807, 2.05) is 61.5 Å². The van der Waals surface area contributed by atoms with Crippen molar-refractivity contribution in [1.29, 1.82) is 0 Å². The summed E-state index contributed by atoms with van der Waals surface area (Å²) in [5.41, 5.74) is 4.77. The van der Waals surface area contributed by atoms with E-state index in [1.165, 1.54) is 0 Å². The first kappa shape index (κ1) is 21.6. The van der Waals surface area contributed by atoms with Crippen LogP contribution in [0.15, 0.2) is 91.0 Å². The van der Waals surface area contributed by atoms with Gasteiger partial charge in [0, 0.05) is 0 Å². The summed E-state index contributed by atoms with van der Waals surface area (Å²) in [6.07, 6.45) is -1.83. The fourth-order valence-electron chi connectivity index (χ4n) is 3.51. The molecule has 0 radical (unpaired) electrons. The molecule has 4 aromatic carbocycles. The molecule has 156 valence electrons. The van der Waals surface area contributed by atoms with Crippen LogP contribution in [0.1, 0.15) is 17.3 Å². The summed E-state index contributed by atoms with van der Waals surface area (Å²) in [5, 5.41) is 16.2. The van der Waals surface area contributed by atoms with Crippen LogP contribution in [0.25, 0.3) is 33.0 Å². The third-order valence-electron chi connectivity index (χ3n) is 4.71. The minimum Gasteiger partial charge on any atom is -0.462 e. The maximum Gasteiger partial charge on any atom is 0.503 e. The summed E-state index contributed by atoms with van der Waals surface area (Å²) in [6.45, 7) is 2.18. The van der Waals surface area contributed by atoms with Crippen molar-refractivity contribution in [2.75, 3.05) is 6.61 Å². The standard InChI is InChI=1S/C25H20O2.CH2O3/c1-2-27-25(26)23-15-9-8-14-22(23)24-20-13-7-6-12-19(20)16-17-21(24)18-10-4-3-5-11-18;2-1(3)4/h3-17H,2H2,1H3;(H2,2,3,4). The van der Waals surface area contributed by atoms with Gasteiger partial charge in [0.15, 0.2) is 0 Å². The Bertz CT molecular complexity index is 1190. The Morgan fingerprint density at radius 2 is 1.35 bits per heavy atom. The van der Waals surface area contributed by atoms with Crippen LogP contribution in [0.3, 0.4) is 0 Å². The molecule has 5 heteroatoms. The summed E-state index contributed by atoms with van der Waals surface area (Å²) in [6, 6.07) is 30.5. The first-order chi connectivity index (χ1) is 15.0. The molecule has 0 atom stereocenters. The Hall–Kier alpha value is -4.12. The molecule has 0 saturated carbocycles. The van der Waals surface area contributed by atoms with E-state index in [0.717, 1.165) is 33.0 Å². The molecule has 0 amide bonds. The number of carbonyl (C=O) groups is 2. The lowest BCUT2D eigenvalue weighted by Gasteiger charge is -2.16. The molecule has 2 N–H and O–H groups in total. The molecule has 0 spiro atoms. The molecular weight excluding hydrogens is 392 g/mol. The van der Waals surface area contributed by atoms with E-state index >= 15 is 0 Å². The second kappa shape index (κ2) is 10.1. The minimum absolute atomic E-state index is 0.292. The number of hydrogen-bond donors (Lipinski definition) is 2. The van der Waals surface area contributed by atoms with Crippen LogP contribution < -0.4 is 0 Å². The van der Waals surface area contributed by atoms with Gasteiger partial charge < -0.3 is 14.9 Å². The Balaban J connectivity index is 0.000000628. The van der Waals surface area contributed by atoms with Gasteiger partial charge >= 0.3 is 12.1 Å². The number of carbonyl (C=O) groups excluding carboxylic acids is 1. The minimum atomic E-state index is -1.83. The van der Waals surface area contributed by atoms with E-state index in [-0.39, 0.29) is 5.97 Å². The van der Waals surface area contributed by atoms with Crippen molar-refractivity contribution < 1.29 is 24.5 Å². The van der Waals surface area contributed by atoms with Gasteiger partial charge in [0.1, 0.15) is 0 Å². The molecule has 0 fully saturated rings. The average Bonchev–Trinajstić information content (AvgIpc) is 2.79. The molecule has 5 nitrogen and oxygen atoms in total. The van der Waals surface area contributed by atoms with Gasteiger partial charge in [-0.05, 0) is 46.0 Å². The van der Waals surface area contributed by atoms with Crippen LogP contribution in [-0.2, 0) is 4.74 Å².